The summed E-state index contributed by atoms with van der Waals surface area (Å²) < 4.78 is 33.6. The molecule has 0 saturated heterocycles. The van der Waals surface area contributed by atoms with Gasteiger partial charge in [-0.25, -0.2) is 8.78 Å². The van der Waals surface area contributed by atoms with E-state index in [-0.39, 0.29) is 17.3 Å². The highest BCUT2D eigenvalue weighted by molar-refractivity contribution is 6.16. The first kappa shape index (κ1) is 13.9. The average Bonchev–Trinajstić information content (AvgIpc) is 2.82. The highest BCUT2D eigenvalue weighted by atomic mass is 35.5. The number of methoxy groups -OCH3 is 1. The largest absolute Gasteiger partial charge is 0.383 e. The molecule has 0 aliphatic carbocycles. The smallest absolute Gasteiger partial charge is 0.169 e. The fraction of sp³-hybridized carbons (Fsp3) is 0.333. The normalized spacial score (nSPS) is 10.9. The van der Waals surface area contributed by atoms with E-state index in [1.807, 2.05) is 0 Å². The lowest BCUT2D eigenvalue weighted by atomic mass is 10.2. The molecule has 0 fully saturated rings. The summed E-state index contributed by atoms with van der Waals surface area (Å²) in [6, 6.07) is 3.92. The molecule has 1 heterocycles. The molecule has 0 N–H and O–H groups in total. The fourth-order valence-corrected chi connectivity index (χ4v) is 1.93. The zero-order valence-electron chi connectivity index (χ0n) is 10.2. The molecule has 0 saturated carbocycles. The molecule has 0 radical (unpaired) electrons. The molecule has 7 heteroatoms. The Morgan fingerprint density at radius 2 is 2.11 bits per heavy atom. The molecule has 0 spiro atoms. The van der Waals surface area contributed by atoms with E-state index in [0.29, 0.717) is 19.0 Å². The van der Waals surface area contributed by atoms with Crippen LogP contribution in [-0.4, -0.2) is 28.5 Å². The van der Waals surface area contributed by atoms with E-state index in [0.717, 1.165) is 6.07 Å². The lowest BCUT2D eigenvalue weighted by molar-refractivity contribution is 0.187. The van der Waals surface area contributed by atoms with Crippen LogP contribution in [0.2, 0.25) is 0 Å². The SMILES string of the molecule is COCCn1c(CCl)nnc1-c1cccc(F)c1F. The highest BCUT2D eigenvalue weighted by Gasteiger charge is 2.18. The van der Waals surface area contributed by atoms with Gasteiger partial charge in [0.25, 0.3) is 0 Å². The molecule has 0 unspecified atom stereocenters. The van der Waals surface area contributed by atoms with Crippen molar-refractivity contribution in [3.63, 3.8) is 0 Å². The van der Waals surface area contributed by atoms with Crippen molar-refractivity contribution in [1.82, 2.24) is 14.8 Å². The Balaban J connectivity index is 2.49. The van der Waals surface area contributed by atoms with Gasteiger partial charge in [-0.2, -0.15) is 0 Å². The van der Waals surface area contributed by atoms with Crippen LogP contribution in [0.4, 0.5) is 8.78 Å². The van der Waals surface area contributed by atoms with Gasteiger partial charge in [-0.1, -0.05) is 6.07 Å². The minimum atomic E-state index is -0.949. The Morgan fingerprint density at radius 1 is 1.32 bits per heavy atom. The first-order valence-electron chi connectivity index (χ1n) is 5.60. The van der Waals surface area contributed by atoms with Crippen molar-refractivity contribution in [2.45, 2.75) is 12.4 Å². The fourth-order valence-electron chi connectivity index (χ4n) is 1.73. The molecule has 2 rings (SSSR count). The van der Waals surface area contributed by atoms with Crippen LogP contribution < -0.4 is 0 Å². The summed E-state index contributed by atoms with van der Waals surface area (Å²) >= 11 is 5.75. The lowest BCUT2D eigenvalue weighted by Gasteiger charge is -2.09. The van der Waals surface area contributed by atoms with Crippen LogP contribution >= 0.6 is 11.6 Å². The number of nitrogens with zero attached hydrogens (tertiary/aromatic N) is 3. The average molecular weight is 288 g/mol. The number of halogens is 3. The molecule has 4 nitrogen and oxygen atoms in total. The Hall–Kier alpha value is -1.53. The second-order valence-electron chi connectivity index (χ2n) is 3.82. The predicted molar refractivity (Wildman–Crippen MR) is 66.8 cm³/mol. The van der Waals surface area contributed by atoms with E-state index < -0.39 is 11.6 Å². The Bertz CT molecular complexity index is 574. The Morgan fingerprint density at radius 3 is 2.79 bits per heavy atom. The van der Waals surface area contributed by atoms with Gasteiger partial charge in [0.05, 0.1) is 18.1 Å². The summed E-state index contributed by atoms with van der Waals surface area (Å²) in [4.78, 5) is 0. The zero-order valence-corrected chi connectivity index (χ0v) is 11.0. The van der Waals surface area contributed by atoms with Crippen molar-refractivity contribution < 1.29 is 13.5 Å². The van der Waals surface area contributed by atoms with Gasteiger partial charge in [0.2, 0.25) is 0 Å². The van der Waals surface area contributed by atoms with Gasteiger partial charge in [-0.3, -0.25) is 0 Å². The van der Waals surface area contributed by atoms with Crippen LogP contribution in [0.1, 0.15) is 5.82 Å². The van der Waals surface area contributed by atoms with Gasteiger partial charge >= 0.3 is 0 Å². The van der Waals surface area contributed by atoms with E-state index >= 15 is 0 Å². The molecule has 0 bridgehead atoms. The number of aromatic nitrogens is 3. The first-order valence-corrected chi connectivity index (χ1v) is 6.13. The van der Waals surface area contributed by atoms with Crippen molar-refractivity contribution in [2.75, 3.05) is 13.7 Å². The van der Waals surface area contributed by atoms with Crippen LogP contribution in [-0.2, 0) is 17.2 Å². The molecule has 0 aliphatic rings. The summed E-state index contributed by atoms with van der Waals surface area (Å²) in [5.74, 6) is -1.02. The van der Waals surface area contributed by atoms with Crippen LogP contribution in [0.25, 0.3) is 11.4 Å². The molecule has 19 heavy (non-hydrogen) atoms. The zero-order chi connectivity index (χ0) is 13.8. The Labute approximate surface area is 114 Å². The first-order chi connectivity index (χ1) is 9.19. The summed E-state index contributed by atoms with van der Waals surface area (Å²) in [5, 5.41) is 7.75. The highest BCUT2D eigenvalue weighted by Crippen LogP contribution is 2.24. The maximum Gasteiger partial charge on any atom is 0.169 e. The monoisotopic (exact) mass is 287 g/mol. The topological polar surface area (TPSA) is 39.9 Å². The van der Waals surface area contributed by atoms with Crippen molar-refractivity contribution in [2.24, 2.45) is 0 Å². The van der Waals surface area contributed by atoms with Crippen molar-refractivity contribution >= 4 is 11.6 Å². The standard InChI is InChI=1S/C12H12ClF2N3O/c1-19-6-5-18-10(7-13)16-17-12(18)8-3-2-4-9(14)11(8)15/h2-4H,5-7H2,1H3. The molecule has 0 aliphatic heterocycles. The van der Waals surface area contributed by atoms with Gasteiger partial charge in [-0.15, -0.1) is 21.8 Å². The molecule has 1 aromatic heterocycles. The molecule has 1 aromatic carbocycles. The molecule has 2 aromatic rings. The van der Waals surface area contributed by atoms with E-state index in [4.69, 9.17) is 16.3 Å². The van der Waals surface area contributed by atoms with Gasteiger partial charge in [0.15, 0.2) is 17.5 Å². The number of alkyl halides is 1. The Kier molecular flexibility index (Phi) is 4.44. The van der Waals surface area contributed by atoms with Gasteiger partial charge < -0.3 is 9.30 Å². The van der Waals surface area contributed by atoms with Gasteiger partial charge in [0, 0.05) is 13.7 Å². The van der Waals surface area contributed by atoms with E-state index in [2.05, 4.69) is 10.2 Å². The van der Waals surface area contributed by atoms with E-state index in [9.17, 15) is 8.78 Å². The molecule has 0 amide bonds. The van der Waals surface area contributed by atoms with Crippen LogP contribution in [0.5, 0.6) is 0 Å². The number of rotatable bonds is 5. The quantitative estimate of drug-likeness (QED) is 0.794. The summed E-state index contributed by atoms with van der Waals surface area (Å²) in [6.45, 7) is 0.808. The minimum absolute atomic E-state index is 0.0555. The van der Waals surface area contributed by atoms with Crippen LogP contribution in [0.3, 0.4) is 0 Å². The van der Waals surface area contributed by atoms with Crippen molar-refractivity contribution in [3.8, 4) is 11.4 Å². The van der Waals surface area contributed by atoms with E-state index in [1.165, 1.54) is 12.1 Å². The van der Waals surface area contributed by atoms with Crippen LogP contribution in [0.15, 0.2) is 18.2 Å². The van der Waals surface area contributed by atoms with Crippen molar-refractivity contribution in [3.05, 3.63) is 35.7 Å². The van der Waals surface area contributed by atoms with Crippen LogP contribution in [0, 0.1) is 11.6 Å². The summed E-state index contributed by atoms with van der Waals surface area (Å²) in [5.41, 5.74) is 0.0555. The number of ether oxygens (including phenoxy) is 1. The number of benzene rings is 1. The molecular weight excluding hydrogens is 276 g/mol. The summed E-state index contributed by atoms with van der Waals surface area (Å²) in [7, 11) is 1.55. The molecule has 0 atom stereocenters. The molecular formula is C12H12ClF2N3O. The second kappa shape index (κ2) is 6.08. The van der Waals surface area contributed by atoms with Gasteiger partial charge in [0.1, 0.15) is 5.82 Å². The molecule has 102 valence electrons. The number of hydrogen-bond donors (Lipinski definition) is 0. The third kappa shape index (κ3) is 2.74. The van der Waals surface area contributed by atoms with Crippen molar-refractivity contribution in [1.29, 1.82) is 0 Å². The van der Waals surface area contributed by atoms with Gasteiger partial charge in [-0.05, 0) is 12.1 Å². The third-order valence-corrected chi connectivity index (χ3v) is 2.90. The summed E-state index contributed by atoms with van der Waals surface area (Å²) in [6.07, 6.45) is 0. The second-order valence-corrected chi connectivity index (χ2v) is 4.09. The minimum Gasteiger partial charge on any atom is -0.383 e. The number of hydrogen-bond acceptors (Lipinski definition) is 3. The van der Waals surface area contributed by atoms with E-state index in [1.54, 1.807) is 11.7 Å². The third-order valence-electron chi connectivity index (χ3n) is 2.66. The predicted octanol–water partition coefficient (Wildman–Crippen LogP) is 2.61. The lowest BCUT2D eigenvalue weighted by Crippen LogP contribution is -2.09. The maximum absolute atomic E-state index is 13.8. The maximum atomic E-state index is 13.8.